The Bertz CT molecular complexity index is 608. The molecular weight excluding hydrogens is 326 g/mol. The number of allylic oxidation sites excluding steroid dienone is 1. The van der Waals surface area contributed by atoms with Crippen molar-refractivity contribution in [3.8, 4) is 5.75 Å². The second-order valence-electron chi connectivity index (χ2n) is 8.29. The zero-order valence-electron chi connectivity index (χ0n) is 16.3. The van der Waals surface area contributed by atoms with Crippen molar-refractivity contribution in [3.05, 3.63) is 41.5 Å². The summed E-state index contributed by atoms with van der Waals surface area (Å²) in [6, 6.07) is 8.10. The molecule has 0 heterocycles. The molecule has 3 aliphatic rings. The van der Waals surface area contributed by atoms with Crippen molar-refractivity contribution in [1.82, 2.24) is 5.32 Å². The van der Waals surface area contributed by atoms with Gasteiger partial charge in [0.1, 0.15) is 5.75 Å². The fourth-order valence-corrected chi connectivity index (χ4v) is 4.31. The maximum absolute atomic E-state index is 10.1. The Labute approximate surface area is 157 Å². The van der Waals surface area contributed by atoms with Crippen LogP contribution in [-0.4, -0.2) is 44.6 Å². The highest BCUT2D eigenvalue weighted by atomic mass is 16.5. The first-order chi connectivity index (χ1) is 12.5. The van der Waals surface area contributed by atoms with Gasteiger partial charge in [-0.2, -0.15) is 0 Å². The number of aliphatic hydroxyl groups is 1. The highest BCUT2D eigenvalue weighted by Crippen LogP contribution is 2.59. The molecule has 1 fully saturated rings. The molecule has 0 saturated heterocycles. The van der Waals surface area contributed by atoms with E-state index in [2.05, 4.69) is 37.4 Å². The minimum absolute atomic E-state index is 0.392. The lowest BCUT2D eigenvalue weighted by Gasteiger charge is -2.56. The van der Waals surface area contributed by atoms with E-state index in [1.165, 1.54) is 24.0 Å². The largest absolute Gasteiger partial charge is 0.497 e. The van der Waals surface area contributed by atoms with Gasteiger partial charge in [0.15, 0.2) is 0 Å². The molecule has 0 spiro atoms. The highest BCUT2D eigenvalue weighted by Gasteiger charge is 2.50. The van der Waals surface area contributed by atoms with Crippen LogP contribution in [0.25, 0.3) is 0 Å². The third-order valence-electron chi connectivity index (χ3n) is 6.29. The molecule has 26 heavy (non-hydrogen) atoms. The van der Waals surface area contributed by atoms with E-state index in [-0.39, 0.29) is 0 Å². The summed E-state index contributed by atoms with van der Waals surface area (Å²) in [4.78, 5) is 0. The molecule has 1 aromatic rings. The zero-order valence-corrected chi connectivity index (χ0v) is 16.3. The predicted octanol–water partition coefficient (Wildman–Crippen LogP) is 3.20. The zero-order chi connectivity index (χ0) is 18.6. The van der Waals surface area contributed by atoms with E-state index in [1.54, 1.807) is 7.11 Å². The van der Waals surface area contributed by atoms with E-state index in [1.807, 2.05) is 12.1 Å². The Balaban J connectivity index is 1.27. The van der Waals surface area contributed by atoms with E-state index >= 15 is 0 Å². The fourth-order valence-electron chi connectivity index (χ4n) is 4.31. The summed E-state index contributed by atoms with van der Waals surface area (Å²) in [5, 5.41) is 13.4. The smallest absolute Gasteiger partial charge is 0.118 e. The standard InChI is InChI=1S/C22H33NO3/c1-22(2)18-7-6-17(21(22)12-18)14-26-15-19(24)13-23-11-10-16-4-8-20(25-3)9-5-16/h4-6,8-9,18-19,21,23-24H,7,10-15H2,1-3H3/t18-,19+,21-/m0/s1. The lowest BCUT2D eigenvalue weighted by molar-refractivity contribution is -0.0235. The maximum Gasteiger partial charge on any atom is 0.118 e. The van der Waals surface area contributed by atoms with Gasteiger partial charge in [-0.05, 0) is 66.3 Å². The molecule has 0 aliphatic heterocycles. The third kappa shape index (κ3) is 4.48. The van der Waals surface area contributed by atoms with Crippen molar-refractivity contribution in [2.45, 2.75) is 39.2 Å². The SMILES string of the molecule is COc1ccc(CCNC[C@@H](O)COCC2=CC[C@H]3C[C@@H]2C3(C)C)cc1. The van der Waals surface area contributed by atoms with Crippen LogP contribution in [0.4, 0.5) is 0 Å². The molecule has 1 aromatic carbocycles. The van der Waals surface area contributed by atoms with Crippen molar-refractivity contribution in [2.75, 3.05) is 33.4 Å². The van der Waals surface area contributed by atoms with Gasteiger partial charge in [0.25, 0.3) is 0 Å². The monoisotopic (exact) mass is 359 g/mol. The van der Waals surface area contributed by atoms with Gasteiger partial charge in [-0.3, -0.25) is 0 Å². The van der Waals surface area contributed by atoms with E-state index in [0.29, 0.717) is 31.1 Å². The van der Waals surface area contributed by atoms with Gasteiger partial charge in [0, 0.05) is 6.54 Å². The van der Waals surface area contributed by atoms with Crippen LogP contribution in [-0.2, 0) is 11.2 Å². The number of benzene rings is 1. The maximum atomic E-state index is 10.1. The van der Waals surface area contributed by atoms with Gasteiger partial charge < -0.3 is 19.9 Å². The van der Waals surface area contributed by atoms with Gasteiger partial charge in [-0.1, -0.05) is 32.1 Å². The van der Waals surface area contributed by atoms with Crippen molar-refractivity contribution < 1.29 is 14.6 Å². The minimum Gasteiger partial charge on any atom is -0.497 e. The van der Waals surface area contributed by atoms with Crippen LogP contribution in [0.3, 0.4) is 0 Å². The third-order valence-corrected chi connectivity index (χ3v) is 6.29. The number of aliphatic hydroxyl groups excluding tert-OH is 1. The lowest BCUT2D eigenvalue weighted by Crippen LogP contribution is -2.48. The second-order valence-corrected chi connectivity index (χ2v) is 8.29. The van der Waals surface area contributed by atoms with E-state index in [9.17, 15) is 5.11 Å². The number of ether oxygens (including phenoxy) is 2. The Morgan fingerprint density at radius 2 is 2.04 bits per heavy atom. The Kier molecular flexibility index (Phi) is 6.38. The van der Waals surface area contributed by atoms with E-state index in [4.69, 9.17) is 9.47 Å². The van der Waals surface area contributed by atoms with Crippen LogP contribution >= 0.6 is 0 Å². The Morgan fingerprint density at radius 1 is 1.27 bits per heavy atom. The summed E-state index contributed by atoms with van der Waals surface area (Å²) in [5.74, 6) is 2.42. The first kappa shape index (κ1) is 19.4. The molecule has 0 aromatic heterocycles. The van der Waals surface area contributed by atoms with Crippen molar-refractivity contribution in [2.24, 2.45) is 17.3 Å². The van der Waals surface area contributed by atoms with Crippen molar-refractivity contribution in [1.29, 1.82) is 0 Å². The molecule has 4 heteroatoms. The summed E-state index contributed by atoms with van der Waals surface area (Å²) in [7, 11) is 1.68. The summed E-state index contributed by atoms with van der Waals surface area (Å²) in [6.07, 6.45) is 5.35. The first-order valence-corrected chi connectivity index (χ1v) is 9.79. The minimum atomic E-state index is -0.461. The fraction of sp³-hybridized carbons (Fsp3) is 0.636. The van der Waals surface area contributed by atoms with Crippen molar-refractivity contribution >= 4 is 0 Å². The summed E-state index contributed by atoms with van der Waals surface area (Å²) in [5.41, 5.74) is 3.14. The average Bonchev–Trinajstić information content (AvgIpc) is 2.65. The molecule has 0 amide bonds. The number of nitrogens with one attached hydrogen (secondary N) is 1. The molecule has 3 aliphatic carbocycles. The number of methoxy groups -OCH3 is 1. The van der Waals surface area contributed by atoms with Crippen molar-refractivity contribution in [3.63, 3.8) is 0 Å². The highest BCUT2D eigenvalue weighted by molar-refractivity contribution is 5.27. The molecule has 0 unspecified atom stereocenters. The van der Waals surface area contributed by atoms with Crippen LogP contribution in [0, 0.1) is 17.3 Å². The van der Waals surface area contributed by atoms with Gasteiger partial charge in [-0.25, -0.2) is 0 Å². The summed E-state index contributed by atoms with van der Waals surface area (Å²) < 4.78 is 11.0. The molecule has 144 valence electrons. The van der Waals surface area contributed by atoms with Crippen LogP contribution in [0.2, 0.25) is 0 Å². The number of hydrogen-bond donors (Lipinski definition) is 2. The van der Waals surface area contributed by atoms with Gasteiger partial charge in [-0.15, -0.1) is 0 Å². The van der Waals surface area contributed by atoms with Crippen LogP contribution < -0.4 is 10.1 Å². The Morgan fingerprint density at radius 3 is 2.69 bits per heavy atom. The summed E-state index contributed by atoms with van der Waals surface area (Å²) >= 11 is 0. The molecule has 0 radical (unpaired) electrons. The molecule has 2 bridgehead atoms. The van der Waals surface area contributed by atoms with Gasteiger partial charge in [0.2, 0.25) is 0 Å². The number of rotatable bonds is 10. The molecule has 2 N–H and O–H groups in total. The van der Waals surface area contributed by atoms with Crippen LogP contribution in [0.5, 0.6) is 5.75 Å². The molecular formula is C22H33NO3. The molecule has 4 rings (SSSR count). The lowest BCUT2D eigenvalue weighted by atomic mass is 9.49. The van der Waals surface area contributed by atoms with Crippen LogP contribution in [0.15, 0.2) is 35.9 Å². The van der Waals surface area contributed by atoms with Crippen LogP contribution in [0.1, 0.15) is 32.3 Å². The Hall–Kier alpha value is -1.36. The predicted molar refractivity (Wildman–Crippen MR) is 104 cm³/mol. The molecule has 3 atom stereocenters. The molecule has 1 saturated carbocycles. The normalized spacial score (nSPS) is 24.5. The first-order valence-electron chi connectivity index (χ1n) is 9.79. The topological polar surface area (TPSA) is 50.7 Å². The van der Waals surface area contributed by atoms with E-state index < -0.39 is 6.10 Å². The average molecular weight is 360 g/mol. The number of hydrogen-bond acceptors (Lipinski definition) is 4. The summed E-state index contributed by atoms with van der Waals surface area (Å²) in [6.45, 7) is 7.21. The van der Waals surface area contributed by atoms with Gasteiger partial charge >= 0.3 is 0 Å². The van der Waals surface area contributed by atoms with Gasteiger partial charge in [0.05, 0.1) is 26.4 Å². The number of fused-ring (bicyclic) bond motifs is 1. The second kappa shape index (κ2) is 8.55. The van der Waals surface area contributed by atoms with E-state index in [0.717, 1.165) is 24.6 Å². The quantitative estimate of drug-likeness (QED) is 0.498. The molecule has 4 nitrogen and oxygen atoms in total.